The van der Waals surface area contributed by atoms with Gasteiger partial charge in [-0.15, -0.1) is 0 Å². The zero-order valence-electron chi connectivity index (χ0n) is 17.5. The summed E-state index contributed by atoms with van der Waals surface area (Å²) in [5.41, 5.74) is 2.42. The van der Waals surface area contributed by atoms with Gasteiger partial charge in [-0.2, -0.15) is 0 Å². The van der Waals surface area contributed by atoms with Gasteiger partial charge < -0.3 is 20.3 Å². The topological polar surface area (TPSA) is 87.7 Å². The highest BCUT2D eigenvalue weighted by atomic mass is 16.5. The summed E-state index contributed by atoms with van der Waals surface area (Å²) in [6.07, 6.45) is 3.83. The van der Waals surface area contributed by atoms with E-state index < -0.39 is 12.0 Å². The van der Waals surface area contributed by atoms with Crippen molar-refractivity contribution < 1.29 is 19.1 Å². The number of anilines is 1. The number of allylic oxidation sites excluding steroid dienone is 1. The van der Waals surface area contributed by atoms with Gasteiger partial charge in [0.2, 0.25) is 5.91 Å². The zero-order chi connectivity index (χ0) is 21.1. The van der Waals surface area contributed by atoms with E-state index in [4.69, 9.17) is 4.74 Å². The maximum absolute atomic E-state index is 12.7. The highest BCUT2D eigenvalue weighted by Crippen LogP contribution is 2.32. The van der Waals surface area contributed by atoms with Crippen LogP contribution in [0.25, 0.3) is 0 Å². The van der Waals surface area contributed by atoms with Crippen molar-refractivity contribution in [3.63, 3.8) is 0 Å². The SMILES string of the molecule is CC1=C(C(=O)OC(C)C)[C@@H](c2ccc(NC(=O)C3CCCC3)cc2)NC(=O)N1C. The monoisotopic (exact) mass is 399 g/mol. The Bertz CT molecular complexity index is 823. The third-order valence-electron chi connectivity index (χ3n) is 5.55. The molecule has 29 heavy (non-hydrogen) atoms. The molecule has 3 rings (SSSR count). The maximum atomic E-state index is 12.7. The van der Waals surface area contributed by atoms with E-state index in [1.165, 1.54) is 4.90 Å². The number of hydrogen-bond donors (Lipinski definition) is 2. The molecule has 1 aromatic rings. The van der Waals surface area contributed by atoms with Crippen molar-refractivity contribution in [3.05, 3.63) is 41.1 Å². The second kappa shape index (κ2) is 8.68. The quantitative estimate of drug-likeness (QED) is 0.739. The molecule has 0 aromatic heterocycles. The lowest BCUT2D eigenvalue weighted by molar-refractivity contribution is -0.143. The van der Waals surface area contributed by atoms with E-state index in [0.717, 1.165) is 31.2 Å². The van der Waals surface area contributed by atoms with Crippen LogP contribution in [0.15, 0.2) is 35.5 Å². The molecule has 7 heteroatoms. The van der Waals surface area contributed by atoms with Crippen LogP contribution < -0.4 is 10.6 Å². The number of ether oxygens (including phenoxy) is 1. The van der Waals surface area contributed by atoms with Gasteiger partial charge in [0.1, 0.15) is 0 Å². The molecule has 1 atom stereocenters. The Balaban J connectivity index is 1.82. The minimum absolute atomic E-state index is 0.0554. The largest absolute Gasteiger partial charge is 0.459 e. The van der Waals surface area contributed by atoms with Crippen LogP contribution >= 0.6 is 0 Å². The van der Waals surface area contributed by atoms with Gasteiger partial charge in [0.25, 0.3) is 0 Å². The molecule has 1 fully saturated rings. The van der Waals surface area contributed by atoms with Crippen LogP contribution in [0.5, 0.6) is 0 Å². The van der Waals surface area contributed by atoms with Crippen LogP contribution in [-0.4, -0.2) is 36.0 Å². The van der Waals surface area contributed by atoms with Crippen molar-refractivity contribution in [2.24, 2.45) is 5.92 Å². The van der Waals surface area contributed by atoms with Crippen LogP contribution in [0.3, 0.4) is 0 Å². The fraction of sp³-hybridized carbons (Fsp3) is 0.500. The van der Waals surface area contributed by atoms with Crippen molar-refractivity contribution in [1.82, 2.24) is 10.2 Å². The fourth-order valence-electron chi connectivity index (χ4n) is 3.82. The Hall–Kier alpha value is -2.83. The number of nitrogens with zero attached hydrogens (tertiary/aromatic N) is 1. The predicted molar refractivity (Wildman–Crippen MR) is 110 cm³/mol. The molecule has 2 N–H and O–H groups in total. The van der Waals surface area contributed by atoms with Gasteiger partial charge >= 0.3 is 12.0 Å². The Morgan fingerprint density at radius 1 is 1.17 bits per heavy atom. The van der Waals surface area contributed by atoms with Gasteiger partial charge in [-0.25, -0.2) is 9.59 Å². The smallest absolute Gasteiger partial charge is 0.338 e. The summed E-state index contributed by atoms with van der Waals surface area (Å²) in [6, 6.07) is 6.34. The van der Waals surface area contributed by atoms with E-state index in [-0.39, 0.29) is 24.0 Å². The standard InChI is InChI=1S/C22H29N3O4/c1-13(2)29-21(27)18-14(3)25(4)22(28)24-19(18)15-9-11-17(12-10-15)23-20(26)16-7-5-6-8-16/h9-13,16,19H,5-8H2,1-4H3,(H,23,26)(H,24,28)/t19-/m1/s1. The third kappa shape index (κ3) is 4.60. The molecule has 7 nitrogen and oxygen atoms in total. The van der Waals surface area contributed by atoms with E-state index in [9.17, 15) is 14.4 Å². The third-order valence-corrected chi connectivity index (χ3v) is 5.55. The first-order valence-corrected chi connectivity index (χ1v) is 10.1. The van der Waals surface area contributed by atoms with Gasteiger partial charge in [0.05, 0.1) is 17.7 Å². The van der Waals surface area contributed by atoms with Gasteiger partial charge in [-0.1, -0.05) is 25.0 Å². The second-order valence-corrected chi connectivity index (χ2v) is 7.99. The maximum Gasteiger partial charge on any atom is 0.338 e. The molecular weight excluding hydrogens is 370 g/mol. The fourth-order valence-corrected chi connectivity index (χ4v) is 3.82. The predicted octanol–water partition coefficient (Wildman–Crippen LogP) is 3.74. The van der Waals surface area contributed by atoms with Crippen LogP contribution in [0, 0.1) is 5.92 Å². The number of rotatable bonds is 5. The van der Waals surface area contributed by atoms with Crippen molar-refractivity contribution in [3.8, 4) is 0 Å². The Morgan fingerprint density at radius 3 is 2.38 bits per heavy atom. The molecular formula is C22H29N3O4. The summed E-state index contributed by atoms with van der Waals surface area (Å²) in [4.78, 5) is 38.7. The number of carbonyl (C=O) groups excluding carboxylic acids is 3. The average molecular weight is 399 g/mol. The number of esters is 1. The lowest BCUT2D eigenvalue weighted by Crippen LogP contribution is -2.46. The molecule has 156 valence electrons. The Labute approximate surface area is 171 Å². The normalized spacial score (nSPS) is 20.1. The molecule has 1 aromatic carbocycles. The number of hydrogen-bond acceptors (Lipinski definition) is 4. The lowest BCUT2D eigenvalue weighted by Gasteiger charge is -2.33. The number of urea groups is 1. The molecule has 0 saturated heterocycles. The molecule has 0 spiro atoms. The first-order chi connectivity index (χ1) is 13.8. The van der Waals surface area contributed by atoms with E-state index in [0.29, 0.717) is 17.0 Å². The van der Waals surface area contributed by atoms with Crippen LogP contribution in [-0.2, 0) is 14.3 Å². The summed E-state index contributed by atoms with van der Waals surface area (Å²) < 4.78 is 5.40. The molecule has 1 aliphatic carbocycles. The number of nitrogens with one attached hydrogen (secondary N) is 2. The van der Waals surface area contributed by atoms with Gasteiger partial charge in [0, 0.05) is 24.4 Å². The summed E-state index contributed by atoms with van der Waals surface area (Å²) in [5, 5.41) is 5.82. The second-order valence-electron chi connectivity index (χ2n) is 7.99. The van der Waals surface area contributed by atoms with Crippen molar-refractivity contribution >= 4 is 23.6 Å². The number of benzene rings is 1. The summed E-state index contributed by atoms with van der Waals surface area (Å²) >= 11 is 0. The van der Waals surface area contributed by atoms with Crippen LogP contribution in [0.1, 0.15) is 58.1 Å². The summed E-state index contributed by atoms with van der Waals surface area (Å²) in [7, 11) is 1.62. The first-order valence-electron chi connectivity index (χ1n) is 10.1. The molecule has 3 amide bonds. The molecule has 2 aliphatic rings. The average Bonchev–Trinajstić information content (AvgIpc) is 3.20. The van der Waals surface area contributed by atoms with Gasteiger partial charge in [-0.3, -0.25) is 4.79 Å². The van der Waals surface area contributed by atoms with E-state index in [1.54, 1.807) is 40.0 Å². The minimum Gasteiger partial charge on any atom is -0.459 e. The van der Waals surface area contributed by atoms with E-state index >= 15 is 0 Å². The molecule has 1 aliphatic heterocycles. The zero-order valence-corrected chi connectivity index (χ0v) is 17.5. The molecule has 0 unspecified atom stereocenters. The highest BCUT2D eigenvalue weighted by Gasteiger charge is 2.35. The van der Waals surface area contributed by atoms with E-state index in [2.05, 4.69) is 10.6 Å². The summed E-state index contributed by atoms with van der Waals surface area (Å²) in [5.74, 6) is -0.307. The van der Waals surface area contributed by atoms with E-state index in [1.807, 2.05) is 12.1 Å². The molecule has 1 saturated carbocycles. The van der Waals surface area contributed by atoms with Crippen molar-refractivity contribution in [2.75, 3.05) is 12.4 Å². The van der Waals surface area contributed by atoms with Crippen molar-refractivity contribution in [1.29, 1.82) is 0 Å². The molecule has 0 radical (unpaired) electrons. The number of carbonyl (C=O) groups is 3. The lowest BCUT2D eigenvalue weighted by atomic mass is 9.95. The Kier molecular flexibility index (Phi) is 6.25. The molecule has 0 bridgehead atoms. The molecule has 1 heterocycles. The van der Waals surface area contributed by atoms with Gasteiger partial charge in [-0.05, 0) is 51.3 Å². The highest BCUT2D eigenvalue weighted by molar-refractivity contribution is 5.95. The Morgan fingerprint density at radius 2 is 1.79 bits per heavy atom. The van der Waals surface area contributed by atoms with Crippen molar-refractivity contribution in [2.45, 2.75) is 58.6 Å². The van der Waals surface area contributed by atoms with Gasteiger partial charge in [0.15, 0.2) is 0 Å². The van der Waals surface area contributed by atoms with Crippen LogP contribution in [0.2, 0.25) is 0 Å². The van der Waals surface area contributed by atoms with Crippen LogP contribution in [0.4, 0.5) is 10.5 Å². The summed E-state index contributed by atoms with van der Waals surface area (Å²) in [6.45, 7) is 5.31. The first kappa shape index (κ1) is 20.9. The number of amides is 3. The minimum atomic E-state index is -0.607.